The van der Waals surface area contributed by atoms with E-state index in [4.69, 9.17) is 4.74 Å². The highest BCUT2D eigenvalue weighted by molar-refractivity contribution is 4.74. The van der Waals surface area contributed by atoms with Gasteiger partial charge >= 0.3 is 0 Å². The number of hydrogen-bond donors (Lipinski definition) is 1. The van der Waals surface area contributed by atoms with E-state index in [1.54, 1.807) is 0 Å². The van der Waals surface area contributed by atoms with Gasteiger partial charge in [-0.25, -0.2) is 8.78 Å². The molecule has 0 aromatic rings. The zero-order chi connectivity index (χ0) is 8.97. The molecule has 0 aromatic carbocycles. The summed E-state index contributed by atoms with van der Waals surface area (Å²) in [5.74, 6) is 0. The molecule has 1 N–H and O–H groups in total. The number of alkyl halides is 2. The molecule has 0 amide bonds. The first kappa shape index (κ1) is 9.86. The zero-order valence-corrected chi connectivity index (χ0v) is 6.88. The lowest BCUT2D eigenvalue weighted by Crippen LogP contribution is -2.33. The van der Waals surface area contributed by atoms with Crippen LogP contribution < -0.4 is 0 Å². The molecule has 2 nitrogen and oxygen atoms in total. The van der Waals surface area contributed by atoms with E-state index in [9.17, 15) is 13.9 Å². The molecule has 0 saturated heterocycles. The first-order chi connectivity index (χ1) is 5.70. The molecule has 0 spiro atoms. The second kappa shape index (κ2) is 4.72. The maximum absolute atomic E-state index is 11.7. The van der Waals surface area contributed by atoms with Crippen molar-refractivity contribution in [2.75, 3.05) is 6.61 Å². The van der Waals surface area contributed by atoms with Crippen molar-refractivity contribution in [1.82, 2.24) is 0 Å². The standard InChI is InChI=1S/C8H14F2O2/c9-8(10)5-12-7-4-2-1-3-6(7)11/h6-8,11H,1-5H2. The Balaban J connectivity index is 2.20. The fraction of sp³-hybridized carbons (Fsp3) is 1.00. The Labute approximate surface area is 70.5 Å². The molecule has 1 aliphatic carbocycles. The third kappa shape index (κ3) is 3.03. The van der Waals surface area contributed by atoms with Crippen molar-refractivity contribution in [2.24, 2.45) is 0 Å². The lowest BCUT2D eigenvalue weighted by atomic mass is 9.95. The molecule has 4 heteroatoms. The van der Waals surface area contributed by atoms with E-state index in [0.717, 1.165) is 12.8 Å². The van der Waals surface area contributed by atoms with Crippen molar-refractivity contribution >= 4 is 0 Å². The molecule has 1 fully saturated rings. The number of halogens is 2. The minimum absolute atomic E-state index is 0.368. The highest BCUT2D eigenvalue weighted by atomic mass is 19.3. The topological polar surface area (TPSA) is 29.5 Å². The van der Waals surface area contributed by atoms with Crippen LogP contribution >= 0.6 is 0 Å². The Kier molecular flexibility index (Phi) is 3.88. The highest BCUT2D eigenvalue weighted by Gasteiger charge is 2.24. The van der Waals surface area contributed by atoms with Gasteiger partial charge in [0.1, 0.15) is 6.61 Å². The van der Waals surface area contributed by atoms with Crippen molar-refractivity contribution in [1.29, 1.82) is 0 Å². The number of ether oxygens (including phenoxy) is 1. The molecule has 0 bridgehead atoms. The van der Waals surface area contributed by atoms with Gasteiger partial charge in [0.2, 0.25) is 0 Å². The maximum atomic E-state index is 11.7. The number of aliphatic hydroxyl groups is 1. The van der Waals surface area contributed by atoms with Crippen LogP contribution in [0.1, 0.15) is 25.7 Å². The van der Waals surface area contributed by atoms with Crippen LogP contribution in [0.2, 0.25) is 0 Å². The summed E-state index contributed by atoms with van der Waals surface area (Å²) < 4.78 is 28.3. The summed E-state index contributed by atoms with van der Waals surface area (Å²) in [5.41, 5.74) is 0. The first-order valence-electron chi connectivity index (χ1n) is 4.28. The fourth-order valence-electron chi connectivity index (χ4n) is 1.47. The molecule has 0 heterocycles. The largest absolute Gasteiger partial charge is 0.390 e. The van der Waals surface area contributed by atoms with Crippen molar-refractivity contribution in [2.45, 2.75) is 44.3 Å². The van der Waals surface area contributed by atoms with E-state index < -0.39 is 19.1 Å². The van der Waals surface area contributed by atoms with Crippen LogP contribution in [-0.2, 0) is 4.74 Å². The maximum Gasteiger partial charge on any atom is 0.261 e. The summed E-state index contributed by atoms with van der Waals surface area (Å²) in [6.07, 6.45) is -0.0352. The molecule has 1 saturated carbocycles. The van der Waals surface area contributed by atoms with Gasteiger partial charge in [-0.2, -0.15) is 0 Å². The summed E-state index contributed by atoms with van der Waals surface area (Å²) in [7, 11) is 0. The zero-order valence-electron chi connectivity index (χ0n) is 6.88. The Morgan fingerprint density at radius 3 is 2.58 bits per heavy atom. The molecule has 0 aliphatic heterocycles. The summed E-state index contributed by atoms with van der Waals surface area (Å²) in [6, 6.07) is 0. The van der Waals surface area contributed by atoms with Gasteiger partial charge in [0.05, 0.1) is 12.2 Å². The van der Waals surface area contributed by atoms with Gasteiger partial charge in [0.15, 0.2) is 0 Å². The molecule has 72 valence electrons. The average Bonchev–Trinajstić information content (AvgIpc) is 2.03. The average molecular weight is 180 g/mol. The molecule has 2 atom stereocenters. The smallest absolute Gasteiger partial charge is 0.261 e. The van der Waals surface area contributed by atoms with Crippen LogP contribution in [-0.4, -0.2) is 30.3 Å². The summed E-state index contributed by atoms with van der Waals surface area (Å²) in [5, 5.41) is 9.31. The van der Waals surface area contributed by atoms with E-state index in [2.05, 4.69) is 0 Å². The molecule has 12 heavy (non-hydrogen) atoms. The molecule has 0 radical (unpaired) electrons. The van der Waals surface area contributed by atoms with Crippen molar-refractivity contribution in [3.63, 3.8) is 0 Å². The van der Waals surface area contributed by atoms with Crippen molar-refractivity contribution in [3.05, 3.63) is 0 Å². The Morgan fingerprint density at radius 1 is 1.33 bits per heavy atom. The fourth-order valence-corrected chi connectivity index (χ4v) is 1.47. The second-order valence-corrected chi connectivity index (χ2v) is 3.11. The second-order valence-electron chi connectivity index (χ2n) is 3.11. The van der Waals surface area contributed by atoms with Crippen molar-refractivity contribution < 1.29 is 18.6 Å². The summed E-state index contributed by atoms with van der Waals surface area (Å²) in [6.45, 7) is -0.554. The van der Waals surface area contributed by atoms with Gasteiger partial charge in [-0.05, 0) is 12.8 Å². The van der Waals surface area contributed by atoms with Gasteiger partial charge < -0.3 is 9.84 Å². The van der Waals surface area contributed by atoms with Crippen LogP contribution in [0.5, 0.6) is 0 Å². The number of hydrogen-bond acceptors (Lipinski definition) is 2. The normalized spacial score (nSPS) is 31.0. The van der Waals surface area contributed by atoms with Crippen LogP contribution in [0, 0.1) is 0 Å². The minimum atomic E-state index is -2.43. The van der Waals surface area contributed by atoms with Crippen LogP contribution in [0.4, 0.5) is 8.78 Å². The third-order valence-electron chi connectivity index (χ3n) is 2.10. The third-order valence-corrected chi connectivity index (χ3v) is 2.10. The lowest BCUT2D eigenvalue weighted by Gasteiger charge is -2.27. The molecule has 2 unspecified atom stereocenters. The van der Waals surface area contributed by atoms with Crippen LogP contribution in [0.15, 0.2) is 0 Å². The Hall–Kier alpha value is -0.220. The molecular formula is C8H14F2O2. The van der Waals surface area contributed by atoms with E-state index in [-0.39, 0.29) is 6.10 Å². The van der Waals surface area contributed by atoms with Crippen LogP contribution in [0.25, 0.3) is 0 Å². The van der Waals surface area contributed by atoms with Gasteiger partial charge in [-0.3, -0.25) is 0 Å². The van der Waals surface area contributed by atoms with Crippen molar-refractivity contribution in [3.8, 4) is 0 Å². The quantitative estimate of drug-likeness (QED) is 0.714. The predicted molar refractivity (Wildman–Crippen MR) is 40.2 cm³/mol. The van der Waals surface area contributed by atoms with E-state index >= 15 is 0 Å². The van der Waals surface area contributed by atoms with E-state index in [1.807, 2.05) is 0 Å². The number of rotatable bonds is 3. The Morgan fingerprint density at radius 2 is 2.00 bits per heavy atom. The minimum Gasteiger partial charge on any atom is -0.390 e. The van der Waals surface area contributed by atoms with Crippen LogP contribution in [0.3, 0.4) is 0 Å². The monoisotopic (exact) mass is 180 g/mol. The Bertz CT molecular complexity index is 130. The van der Waals surface area contributed by atoms with Gasteiger partial charge in [0, 0.05) is 0 Å². The molecule has 1 aliphatic rings. The van der Waals surface area contributed by atoms with E-state index in [0.29, 0.717) is 12.8 Å². The SMILES string of the molecule is OC1CCCCC1OCC(F)F. The molecule has 1 rings (SSSR count). The highest BCUT2D eigenvalue weighted by Crippen LogP contribution is 2.21. The lowest BCUT2D eigenvalue weighted by molar-refractivity contribution is -0.0895. The molecular weight excluding hydrogens is 166 g/mol. The van der Waals surface area contributed by atoms with Gasteiger partial charge in [0.25, 0.3) is 6.43 Å². The van der Waals surface area contributed by atoms with Gasteiger partial charge in [-0.1, -0.05) is 12.8 Å². The first-order valence-corrected chi connectivity index (χ1v) is 4.28. The molecule has 0 aromatic heterocycles. The predicted octanol–water partition coefficient (Wildman–Crippen LogP) is 1.57. The summed E-state index contributed by atoms with van der Waals surface area (Å²) in [4.78, 5) is 0. The number of aliphatic hydroxyl groups excluding tert-OH is 1. The van der Waals surface area contributed by atoms with E-state index in [1.165, 1.54) is 0 Å². The summed E-state index contributed by atoms with van der Waals surface area (Å²) >= 11 is 0. The van der Waals surface area contributed by atoms with Gasteiger partial charge in [-0.15, -0.1) is 0 Å².